The lowest BCUT2D eigenvalue weighted by Gasteiger charge is -2.27. The van der Waals surface area contributed by atoms with Crippen molar-refractivity contribution in [3.05, 3.63) is 29.3 Å². The highest BCUT2D eigenvalue weighted by molar-refractivity contribution is 7.18. The minimum atomic E-state index is -0.272. The fraction of sp³-hybridized carbons (Fsp3) is 0.529. The number of benzene rings is 1. The van der Waals surface area contributed by atoms with Crippen LogP contribution >= 0.6 is 11.3 Å². The number of nitrogens with one attached hydrogen (secondary N) is 2. The monoisotopic (exact) mass is 346 g/mol. The second kappa shape index (κ2) is 6.76. The van der Waals surface area contributed by atoms with Gasteiger partial charge in [-0.15, -0.1) is 11.3 Å². The van der Waals surface area contributed by atoms with Crippen LogP contribution in [0.1, 0.15) is 23.9 Å². The number of hydrogen-bond donors (Lipinski definition) is 2. The summed E-state index contributed by atoms with van der Waals surface area (Å²) in [5.74, 6) is 0.0214. The van der Waals surface area contributed by atoms with E-state index in [-0.39, 0.29) is 17.9 Å². The minimum absolute atomic E-state index is 0.194. The molecule has 0 spiro atoms. The molecule has 0 aliphatic carbocycles. The number of ether oxygens (including phenoxy) is 1. The highest BCUT2D eigenvalue weighted by Gasteiger charge is 2.38. The second-order valence-corrected chi connectivity index (χ2v) is 7.52. The molecule has 4 rings (SSSR count). The molecule has 2 aliphatic rings. The van der Waals surface area contributed by atoms with Crippen LogP contribution in [0.3, 0.4) is 0 Å². The number of methoxy groups -OCH3 is 1. The third-order valence-electron chi connectivity index (χ3n) is 4.98. The van der Waals surface area contributed by atoms with Crippen molar-refractivity contribution in [3.63, 3.8) is 0 Å². The minimum Gasteiger partial charge on any atom is -0.468 e. The first-order valence-electron chi connectivity index (χ1n) is 8.42. The molecule has 128 valence electrons. The maximum Gasteiger partial charge on any atom is 0.324 e. The Labute approximate surface area is 145 Å². The lowest BCUT2D eigenvalue weighted by Crippen LogP contribution is -2.43. The van der Waals surface area contributed by atoms with E-state index in [1.54, 1.807) is 11.3 Å². The maximum atomic E-state index is 11.9. The molecule has 0 bridgehead atoms. The van der Waals surface area contributed by atoms with Crippen LogP contribution in [0.25, 0.3) is 10.2 Å². The van der Waals surface area contributed by atoms with Gasteiger partial charge in [0.05, 0.1) is 23.4 Å². The Hall–Kier alpha value is -1.54. The van der Waals surface area contributed by atoms with Crippen molar-refractivity contribution in [3.8, 4) is 0 Å². The Kier molecular flexibility index (Phi) is 4.49. The molecule has 3 atom stereocenters. The molecule has 3 unspecified atom stereocenters. The topological polar surface area (TPSA) is 66.5 Å². The second-order valence-electron chi connectivity index (χ2n) is 6.46. The van der Waals surface area contributed by atoms with Gasteiger partial charge in [-0.3, -0.25) is 15.1 Å². The van der Waals surface area contributed by atoms with Crippen LogP contribution < -0.4 is 10.9 Å². The number of esters is 1. The highest BCUT2D eigenvalue weighted by atomic mass is 32.1. The fourth-order valence-corrected chi connectivity index (χ4v) is 4.88. The molecule has 2 aliphatic heterocycles. The first-order chi connectivity index (χ1) is 11.8. The van der Waals surface area contributed by atoms with E-state index in [1.807, 2.05) is 6.07 Å². The predicted molar refractivity (Wildman–Crippen MR) is 93.6 cm³/mol. The number of nitrogens with zero attached hydrogens (tertiary/aromatic N) is 2. The van der Waals surface area contributed by atoms with Crippen molar-refractivity contribution >= 4 is 27.5 Å². The summed E-state index contributed by atoms with van der Waals surface area (Å²) in [6, 6.07) is 8.40. The molecule has 1 aromatic heterocycles. The van der Waals surface area contributed by atoms with Crippen LogP contribution in [0.5, 0.6) is 0 Å². The number of fused-ring (bicyclic) bond motifs is 1. The van der Waals surface area contributed by atoms with Crippen molar-refractivity contribution in [2.45, 2.75) is 24.9 Å². The number of hydrogen-bond acceptors (Lipinski definition) is 7. The number of thiazole rings is 1. The lowest BCUT2D eigenvalue weighted by molar-refractivity contribution is -0.144. The van der Waals surface area contributed by atoms with E-state index < -0.39 is 0 Å². The normalized spacial score (nSPS) is 27.8. The Morgan fingerprint density at radius 3 is 3.17 bits per heavy atom. The molecule has 6 nitrogen and oxygen atoms in total. The highest BCUT2D eigenvalue weighted by Crippen LogP contribution is 2.37. The third-order valence-corrected chi connectivity index (χ3v) is 6.11. The quantitative estimate of drug-likeness (QED) is 0.822. The molecule has 2 N–H and O–H groups in total. The number of aromatic nitrogens is 1. The van der Waals surface area contributed by atoms with E-state index in [4.69, 9.17) is 9.72 Å². The van der Waals surface area contributed by atoms with Crippen LogP contribution in [-0.2, 0) is 9.53 Å². The van der Waals surface area contributed by atoms with E-state index in [9.17, 15) is 4.79 Å². The van der Waals surface area contributed by atoms with Crippen molar-refractivity contribution in [1.82, 2.24) is 20.7 Å². The largest absolute Gasteiger partial charge is 0.468 e. The zero-order chi connectivity index (χ0) is 16.5. The Balaban J connectivity index is 1.51. The van der Waals surface area contributed by atoms with Gasteiger partial charge in [-0.2, -0.15) is 0 Å². The van der Waals surface area contributed by atoms with Gasteiger partial charge in [-0.05, 0) is 31.5 Å². The van der Waals surface area contributed by atoms with E-state index in [2.05, 4.69) is 34.0 Å². The van der Waals surface area contributed by atoms with Crippen molar-refractivity contribution in [1.29, 1.82) is 0 Å². The number of para-hydroxylation sites is 1. The average molecular weight is 346 g/mol. The Morgan fingerprint density at radius 1 is 1.46 bits per heavy atom. The molecular formula is C17H22N4O2S. The summed E-state index contributed by atoms with van der Waals surface area (Å²) in [6.45, 7) is 2.72. The lowest BCUT2D eigenvalue weighted by atomic mass is 10.0. The number of hydrazine groups is 1. The van der Waals surface area contributed by atoms with Gasteiger partial charge in [0.1, 0.15) is 11.0 Å². The van der Waals surface area contributed by atoms with Gasteiger partial charge in [-0.1, -0.05) is 12.1 Å². The predicted octanol–water partition coefficient (Wildman–Crippen LogP) is 1.70. The summed E-state index contributed by atoms with van der Waals surface area (Å²) in [7, 11) is 1.44. The van der Waals surface area contributed by atoms with Gasteiger partial charge < -0.3 is 4.74 Å². The van der Waals surface area contributed by atoms with Crippen LogP contribution in [-0.4, -0.2) is 48.6 Å². The molecule has 7 heteroatoms. The molecule has 0 saturated carbocycles. The first kappa shape index (κ1) is 16.0. The molecule has 2 aromatic rings. The van der Waals surface area contributed by atoms with Gasteiger partial charge in [-0.25, -0.2) is 10.4 Å². The summed E-state index contributed by atoms with van der Waals surface area (Å²) >= 11 is 1.79. The zero-order valence-electron chi connectivity index (χ0n) is 13.7. The molecular weight excluding hydrogens is 324 g/mol. The Morgan fingerprint density at radius 2 is 2.33 bits per heavy atom. The standard InChI is InChI=1S/C17H22N4O2S/c1-23-17(22)15-11(9-18-20-15)10-21-8-4-6-13(21)16-19-12-5-2-3-7-14(12)24-16/h2-3,5,7,11,13,15,18,20H,4,6,8-10H2,1H3. The summed E-state index contributed by atoms with van der Waals surface area (Å²) in [6.07, 6.45) is 2.31. The molecule has 2 saturated heterocycles. The number of rotatable bonds is 4. The van der Waals surface area contributed by atoms with E-state index in [1.165, 1.54) is 23.2 Å². The summed E-state index contributed by atoms with van der Waals surface area (Å²) in [5, 5.41) is 1.20. The van der Waals surface area contributed by atoms with Gasteiger partial charge >= 0.3 is 5.97 Å². The van der Waals surface area contributed by atoms with Crippen LogP contribution in [0.2, 0.25) is 0 Å². The molecule has 2 fully saturated rings. The van der Waals surface area contributed by atoms with E-state index >= 15 is 0 Å². The fourth-order valence-electron chi connectivity index (χ4n) is 3.74. The molecule has 0 amide bonds. The van der Waals surface area contributed by atoms with Gasteiger partial charge in [0.25, 0.3) is 0 Å². The smallest absolute Gasteiger partial charge is 0.324 e. The van der Waals surface area contributed by atoms with E-state index in [0.29, 0.717) is 6.04 Å². The van der Waals surface area contributed by atoms with Gasteiger partial charge in [0, 0.05) is 19.0 Å². The van der Waals surface area contributed by atoms with Crippen molar-refractivity contribution in [2.24, 2.45) is 5.92 Å². The van der Waals surface area contributed by atoms with Gasteiger partial charge in [0.2, 0.25) is 0 Å². The Bertz CT molecular complexity index is 701. The SMILES string of the molecule is COC(=O)C1NNCC1CN1CCCC1c1nc2ccccc2s1. The van der Waals surface area contributed by atoms with Crippen LogP contribution in [0, 0.1) is 5.92 Å². The summed E-state index contributed by atoms with van der Waals surface area (Å²) in [4.78, 5) is 19.2. The molecule has 24 heavy (non-hydrogen) atoms. The maximum absolute atomic E-state index is 11.9. The number of likely N-dealkylation sites (tertiary alicyclic amines) is 1. The third kappa shape index (κ3) is 2.93. The van der Waals surface area contributed by atoms with E-state index in [0.717, 1.165) is 31.6 Å². The number of carbonyl (C=O) groups is 1. The van der Waals surface area contributed by atoms with Gasteiger partial charge in [0.15, 0.2) is 0 Å². The molecule has 1 aromatic carbocycles. The average Bonchev–Trinajstić information content (AvgIpc) is 3.33. The number of carbonyl (C=O) groups excluding carboxylic acids is 1. The van der Waals surface area contributed by atoms with Crippen molar-refractivity contribution < 1.29 is 9.53 Å². The summed E-state index contributed by atoms with van der Waals surface area (Å²) in [5.41, 5.74) is 7.22. The molecule has 3 heterocycles. The van der Waals surface area contributed by atoms with Crippen molar-refractivity contribution in [2.75, 3.05) is 26.7 Å². The van der Waals surface area contributed by atoms with Crippen LogP contribution in [0.15, 0.2) is 24.3 Å². The molecule has 0 radical (unpaired) electrons. The first-order valence-corrected chi connectivity index (χ1v) is 9.23. The summed E-state index contributed by atoms with van der Waals surface area (Å²) < 4.78 is 6.16. The van der Waals surface area contributed by atoms with Crippen LogP contribution in [0.4, 0.5) is 0 Å². The zero-order valence-corrected chi connectivity index (χ0v) is 14.5.